The van der Waals surface area contributed by atoms with Crippen molar-refractivity contribution in [1.82, 2.24) is 14.8 Å². The van der Waals surface area contributed by atoms with Gasteiger partial charge in [-0.1, -0.05) is 0 Å². The Bertz CT molecular complexity index is 769. The number of anilines is 2. The van der Waals surface area contributed by atoms with Crippen molar-refractivity contribution < 1.29 is 9.18 Å². The lowest BCUT2D eigenvalue weighted by Crippen LogP contribution is -2.23. The molecular formula is C14H15FN6O. The predicted molar refractivity (Wildman–Crippen MR) is 78.5 cm³/mol. The third-order valence-corrected chi connectivity index (χ3v) is 2.94. The van der Waals surface area contributed by atoms with E-state index in [9.17, 15) is 9.18 Å². The molecule has 0 spiro atoms. The van der Waals surface area contributed by atoms with Crippen LogP contribution in [0.25, 0.3) is 0 Å². The van der Waals surface area contributed by atoms with E-state index >= 15 is 0 Å². The van der Waals surface area contributed by atoms with Crippen LogP contribution in [0.2, 0.25) is 0 Å². The number of halogens is 1. The van der Waals surface area contributed by atoms with Gasteiger partial charge in [-0.3, -0.25) is 4.79 Å². The number of nitriles is 1. The number of carbonyl (C=O) groups is 1. The van der Waals surface area contributed by atoms with Crippen LogP contribution in [0, 0.1) is 17.1 Å². The maximum Gasteiger partial charge on any atom is 0.295 e. The molecule has 0 bridgehead atoms. The normalized spacial score (nSPS) is 11.0. The van der Waals surface area contributed by atoms with Crippen LogP contribution in [0.3, 0.4) is 0 Å². The molecule has 0 radical (unpaired) electrons. The molecule has 2 rings (SSSR count). The fourth-order valence-corrected chi connectivity index (χ4v) is 1.68. The first-order valence-electron chi connectivity index (χ1n) is 6.45. The molecule has 0 unspecified atom stereocenters. The smallest absolute Gasteiger partial charge is 0.295 e. The second kappa shape index (κ2) is 5.44. The number of rotatable bonds is 2. The van der Waals surface area contributed by atoms with Crippen LogP contribution in [-0.2, 0) is 5.54 Å². The number of nitrogen functional groups attached to an aromatic ring is 1. The van der Waals surface area contributed by atoms with Crippen LogP contribution in [0.5, 0.6) is 0 Å². The van der Waals surface area contributed by atoms with E-state index < -0.39 is 11.7 Å². The zero-order valence-electron chi connectivity index (χ0n) is 12.4. The van der Waals surface area contributed by atoms with Crippen LogP contribution in [0.4, 0.5) is 15.8 Å². The van der Waals surface area contributed by atoms with Gasteiger partial charge in [0.05, 0.1) is 16.9 Å². The second-order valence-corrected chi connectivity index (χ2v) is 5.63. The van der Waals surface area contributed by atoms with Crippen LogP contribution in [0.15, 0.2) is 18.5 Å². The van der Waals surface area contributed by atoms with Gasteiger partial charge in [-0.2, -0.15) is 5.26 Å². The number of hydrogen-bond donors (Lipinski definition) is 2. The molecule has 1 amide bonds. The first-order chi connectivity index (χ1) is 10.2. The number of nitrogens with one attached hydrogen (secondary N) is 1. The van der Waals surface area contributed by atoms with Gasteiger partial charge in [0.1, 0.15) is 23.8 Å². The summed E-state index contributed by atoms with van der Waals surface area (Å²) in [7, 11) is 0. The molecule has 1 heterocycles. The third kappa shape index (κ3) is 2.88. The Balaban J connectivity index is 2.27. The van der Waals surface area contributed by atoms with Crippen molar-refractivity contribution >= 4 is 17.3 Å². The number of aromatic nitrogens is 3. The molecule has 114 valence electrons. The molecule has 3 N–H and O–H groups in total. The molecule has 0 atom stereocenters. The summed E-state index contributed by atoms with van der Waals surface area (Å²) in [5.74, 6) is -1.38. The molecule has 0 saturated carbocycles. The molecule has 22 heavy (non-hydrogen) atoms. The van der Waals surface area contributed by atoms with Crippen molar-refractivity contribution in [2.24, 2.45) is 0 Å². The summed E-state index contributed by atoms with van der Waals surface area (Å²) in [6.07, 6.45) is 1.45. The molecule has 0 aliphatic rings. The van der Waals surface area contributed by atoms with Gasteiger partial charge in [-0.25, -0.2) is 14.1 Å². The lowest BCUT2D eigenvalue weighted by molar-refractivity contribution is 0.101. The first-order valence-corrected chi connectivity index (χ1v) is 6.45. The van der Waals surface area contributed by atoms with Crippen LogP contribution >= 0.6 is 0 Å². The van der Waals surface area contributed by atoms with Crippen LogP contribution in [-0.4, -0.2) is 20.7 Å². The molecule has 7 nitrogen and oxygen atoms in total. The molecule has 0 fully saturated rings. The lowest BCUT2D eigenvalue weighted by Gasteiger charge is -2.17. The molecule has 1 aromatic carbocycles. The number of hydrogen-bond acceptors (Lipinski definition) is 5. The number of nitrogens with two attached hydrogens (primary N) is 1. The highest BCUT2D eigenvalue weighted by Crippen LogP contribution is 2.25. The van der Waals surface area contributed by atoms with Gasteiger partial charge in [0.25, 0.3) is 5.91 Å². The molecule has 1 aromatic heterocycles. The molecule has 0 saturated heterocycles. The third-order valence-electron chi connectivity index (χ3n) is 2.94. The Hall–Kier alpha value is -2.95. The maximum absolute atomic E-state index is 13.4. The fraction of sp³-hybridized carbons (Fsp3) is 0.286. The Labute approximate surface area is 126 Å². The van der Waals surface area contributed by atoms with Gasteiger partial charge in [0, 0.05) is 0 Å². The Kier molecular flexibility index (Phi) is 3.82. The van der Waals surface area contributed by atoms with Crippen molar-refractivity contribution in [2.75, 3.05) is 11.1 Å². The minimum Gasteiger partial charge on any atom is -0.396 e. The van der Waals surface area contributed by atoms with Gasteiger partial charge in [0.15, 0.2) is 0 Å². The average molecular weight is 302 g/mol. The van der Waals surface area contributed by atoms with E-state index in [4.69, 9.17) is 11.0 Å². The topological polar surface area (TPSA) is 110 Å². The molecule has 0 aliphatic heterocycles. The standard InChI is InChI=1S/C14H15FN6O/c1-14(2,3)21-7-18-12(20-21)13(22)19-10-5-4-9(15)8(6-16)11(10)17/h4-5,7H,17H2,1-3H3,(H,19,22). The van der Waals surface area contributed by atoms with Gasteiger partial charge >= 0.3 is 0 Å². The highest BCUT2D eigenvalue weighted by atomic mass is 19.1. The zero-order valence-corrected chi connectivity index (χ0v) is 12.4. The summed E-state index contributed by atoms with van der Waals surface area (Å²) in [5, 5.41) is 15.4. The fourth-order valence-electron chi connectivity index (χ4n) is 1.68. The Morgan fingerprint density at radius 1 is 1.45 bits per heavy atom. The summed E-state index contributed by atoms with van der Waals surface area (Å²) in [5.41, 5.74) is 5.05. The Morgan fingerprint density at radius 3 is 2.68 bits per heavy atom. The minimum atomic E-state index is -0.742. The summed E-state index contributed by atoms with van der Waals surface area (Å²) < 4.78 is 14.9. The summed E-state index contributed by atoms with van der Waals surface area (Å²) >= 11 is 0. The SMILES string of the molecule is CC(C)(C)n1cnc(C(=O)Nc2ccc(F)c(C#N)c2N)n1. The molecular weight excluding hydrogens is 287 g/mol. The van der Waals surface area contributed by atoms with Crippen molar-refractivity contribution in [2.45, 2.75) is 26.3 Å². The monoisotopic (exact) mass is 302 g/mol. The summed E-state index contributed by atoms with van der Waals surface area (Å²) in [4.78, 5) is 16.0. The van der Waals surface area contributed by atoms with Crippen molar-refractivity contribution in [3.05, 3.63) is 35.7 Å². The number of carbonyl (C=O) groups excluding carboxylic acids is 1. The highest BCUT2D eigenvalue weighted by molar-refractivity contribution is 6.03. The van der Waals surface area contributed by atoms with E-state index in [2.05, 4.69) is 15.4 Å². The van der Waals surface area contributed by atoms with Crippen molar-refractivity contribution in [3.8, 4) is 6.07 Å². The molecule has 0 aliphatic carbocycles. The minimum absolute atomic E-state index is 0.0443. The number of nitrogens with zero attached hydrogens (tertiary/aromatic N) is 4. The molecule has 2 aromatic rings. The number of amides is 1. The number of benzene rings is 1. The Morgan fingerprint density at radius 2 is 2.14 bits per heavy atom. The second-order valence-electron chi connectivity index (χ2n) is 5.63. The van der Waals surface area contributed by atoms with Crippen molar-refractivity contribution in [1.29, 1.82) is 5.26 Å². The van der Waals surface area contributed by atoms with Gasteiger partial charge in [0.2, 0.25) is 5.82 Å². The maximum atomic E-state index is 13.4. The van der Waals surface area contributed by atoms with E-state index in [0.717, 1.165) is 6.07 Å². The summed E-state index contributed by atoms with van der Waals surface area (Å²) in [6, 6.07) is 4.00. The van der Waals surface area contributed by atoms with E-state index in [-0.39, 0.29) is 28.3 Å². The predicted octanol–water partition coefficient (Wildman–Crippen LogP) is 1.88. The van der Waals surface area contributed by atoms with Gasteiger partial charge < -0.3 is 11.1 Å². The first kappa shape index (κ1) is 15.4. The average Bonchev–Trinajstić information content (AvgIpc) is 2.92. The largest absolute Gasteiger partial charge is 0.396 e. The van der Waals surface area contributed by atoms with E-state index in [1.54, 1.807) is 10.8 Å². The summed E-state index contributed by atoms with van der Waals surface area (Å²) in [6.45, 7) is 5.75. The highest BCUT2D eigenvalue weighted by Gasteiger charge is 2.20. The van der Waals surface area contributed by atoms with Crippen molar-refractivity contribution in [3.63, 3.8) is 0 Å². The van der Waals surface area contributed by atoms with Gasteiger partial charge in [-0.15, -0.1) is 5.10 Å². The van der Waals surface area contributed by atoms with E-state index in [1.165, 1.54) is 12.4 Å². The van der Waals surface area contributed by atoms with E-state index in [0.29, 0.717) is 0 Å². The van der Waals surface area contributed by atoms with Gasteiger partial charge in [-0.05, 0) is 32.9 Å². The zero-order chi connectivity index (χ0) is 16.5. The van der Waals surface area contributed by atoms with Crippen LogP contribution in [0.1, 0.15) is 37.0 Å². The quantitative estimate of drug-likeness (QED) is 0.823. The van der Waals surface area contributed by atoms with E-state index in [1.807, 2.05) is 20.8 Å². The lowest BCUT2D eigenvalue weighted by atomic mass is 10.1. The molecule has 8 heteroatoms. The van der Waals surface area contributed by atoms with Crippen LogP contribution < -0.4 is 11.1 Å².